The molecule has 3 fully saturated rings. The summed E-state index contributed by atoms with van der Waals surface area (Å²) in [5.41, 5.74) is 1.61. The molecule has 6 atom stereocenters. The number of halogens is 4. The fourth-order valence-corrected chi connectivity index (χ4v) is 8.95. The number of carbonyl (C=O) groups excluding carboxylic acids is 4. The Balaban J connectivity index is 1.43. The summed E-state index contributed by atoms with van der Waals surface area (Å²) in [7, 11) is 2.75. The molecule has 7 rings (SSSR count). The number of hydrogen-bond donors (Lipinski definition) is 1. The van der Waals surface area contributed by atoms with Crippen LogP contribution in [0.4, 0.5) is 15.8 Å². The first kappa shape index (κ1) is 32.4. The summed E-state index contributed by atoms with van der Waals surface area (Å²) in [6.45, 7) is 1.80. The molecule has 0 aromatic heterocycles. The smallest absolute Gasteiger partial charge is 0.258 e. The van der Waals surface area contributed by atoms with Crippen LogP contribution in [-0.2, 0) is 19.2 Å². The molecular formula is C35H28Cl3FN2O7. The number of methoxy groups -OCH3 is 2. The highest BCUT2D eigenvalue weighted by atomic mass is 35.5. The van der Waals surface area contributed by atoms with Crippen LogP contribution in [0.15, 0.2) is 66.2 Å². The van der Waals surface area contributed by atoms with Gasteiger partial charge in [-0.25, -0.2) is 14.2 Å². The fourth-order valence-electron chi connectivity index (χ4n) is 7.86. The van der Waals surface area contributed by atoms with E-state index in [1.165, 1.54) is 38.5 Å². The van der Waals surface area contributed by atoms with E-state index in [2.05, 4.69) is 0 Å². The van der Waals surface area contributed by atoms with Crippen molar-refractivity contribution in [2.24, 2.45) is 17.8 Å². The Bertz CT molecular complexity index is 1970. The van der Waals surface area contributed by atoms with Crippen LogP contribution in [0.25, 0.3) is 0 Å². The SMILES string of the molecule is COc1cc(O)c([C@H]2C3=CC[C@@H]4C(=O)N(c5ccc(C)c(Cl)c5)C(=O)[C@@H]4[C@@H]3C[C@@]3(Cl)C(=O)N(c4ccc(F)cc4)C(=O)[C@@]23Cl)c(OC)c1. The molecule has 0 bridgehead atoms. The number of benzene rings is 3. The summed E-state index contributed by atoms with van der Waals surface area (Å²) < 4.78 is 24.9. The number of imide groups is 2. The number of ether oxygens (including phenoxy) is 2. The number of anilines is 2. The number of alkyl halides is 2. The molecule has 1 saturated carbocycles. The molecule has 2 saturated heterocycles. The molecule has 13 heteroatoms. The minimum absolute atomic E-state index is 0.0369. The molecule has 2 aliphatic carbocycles. The van der Waals surface area contributed by atoms with Crippen LogP contribution < -0.4 is 19.3 Å². The maximum Gasteiger partial charge on any atom is 0.258 e. The average Bonchev–Trinajstić information content (AvgIpc) is 3.40. The van der Waals surface area contributed by atoms with Gasteiger partial charge in [-0.05, 0) is 67.6 Å². The fraction of sp³-hybridized carbons (Fsp3) is 0.314. The second-order valence-electron chi connectivity index (χ2n) is 12.5. The van der Waals surface area contributed by atoms with E-state index in [-0.39, 0.29) is 41.3 Å². The zero-order valence-electron chi connectivity index (χ0n) is 25.8. The van der Waals surface area contributed by atoms with Gasteiger partial charge in [-0.2, -0.15) is 0 Å². The highest BCUT2D eigenvalue weighted by Crippen LogP contribution is 2.67. The maximum atomic E-state index is 14.6. The second-order valence-corrected chi connectivity index (χ2v) is 14.1. The normalized spacial score (nSPS) is 29.4. The van der Waals surface area contributed by atoms with Crippen LogP contribution in [0.2, 0.25) is 5.02 Å². The van der Waals surface area contributed by atoms with E-state index in [0.29, 0.717) is 16.3 Å². The number of fused-ring (bicyclic) bond motifs is 4. The van der Waals surface area contributed by atoms with Gasteiger partial charge in [-0.15, -0.1) is 23.2 Å². The lowest BCUT2D eigenvalue weighted by Gasteiger charge is -2.50. The lowest BCUT2D eigenvalue weighted by atomic mass is 9.56. The lowest BCUT2D eigenvalue weighted by Crippen LogP contribution is -2.60. The van der Waals surface area contributed by atoms with Crippen molar-refractivity contribution in [2.45, 2.75) is 35.4 Å². The summed E-state index contributed by atoms with van der Waals surface area (Å²) in [6.07, 6.45) is 1.57. The Labute approximate surface area is 289 Å². The van der Waals surface area contributed by atoms with Gasteiger partial charge in [-0.3, -0.25) is 19.2 Å². The van der Waals surface area contributed by atoms with Crippen LogP contribution in [0.1, 0.15) is 29.9 Å². The van der Waals surface area contributed by atoms with Gasteiger partial charge in [0.1, 0.15) is 23.1 Å². The van der Waals surface area contributed by atoms with Gasteiger partial charge in [0.05, 0.1) is 37.4 Å². The Kier molecular flexibility index (Phi) is 7.58. The maximum absolute atomic E-state index is 14.6. The molecule has 2 heterocycles. The van der Waals surface area contributed by atoms with Crippen LogP contribution >= 0.6 is 34.8 Å². The number of aryl methyl sites for hydroxylation is 1. The zero-order chi connectivity index (χ0) is 34.4. The van der Waals surface area contributed by atoms with Gasteiger partial charge in [0.25, 0.3) is 11.8 Å². The van der Waals surface area contributed by atoms with E-state index in [1.807, 2.05) is 0 Å². The average molecular weight is 714 g/mol. The number of amides is 4. The molecule has 9 nitrogen and oxygen atoms in total. The number of rotatable bonds is 5. The number of phenolic OH excluding ortho intramolecular Hbond substituents is 1. The molecule has 2 aliphatic heterocycles. The Morgan fingerprint density at radius 3 is 2.21 bits per heavy atom. The van der Waals surface area contributed by atoms with Gasteiger partial charge in [0.2, 0.25) is 11.8 Å². The topological polar surface area (TPSA) is 113 Å². The van der Waals surface area contributed by atoms with Crippen LogP contribution in [-0.4, -0.2) is 52.7 Å². The zero-order valence-corrected chi connectivity index (χ0v) is 28.1. The van der Waals surface area contributed by atoms with Gasteiger partial charge in [0.15, 0.2) is 9.75 Å². The summed E-state index contributed by atoms with van der Waals surface area (Å²) >= 11 is 21.2. The van der Waals surface area contributed by atoms with Crippen molar-refractivity contribution in [2.75, 3.05) is 24.0 Å². The van der Waals surface area contributed by atoms with Crippen molar-refractivity contribution in [3.8, 4) is 17.2 Å². The molecular weight excluding hydrogens is 686 g/mol. The first-order chi connectivity index (χ1) is 22.8. The molecule has 0 spiro atoms. The Hall–Kier alpha value is -4.12. The number of aromatic hydroxyl groups is 1. The van der Waals surface area contributed by atoms with E-state index < -0.39 is 62.9 Å². The van der Waals surface area contributed by atoms with Crippen molar-refractivity contribution < 1.29 is 38.1 Å². The summed E-state index contributed by atoms with van der Waals surface area (Å²) in [5.74, 6) is -7.31. The quantitative estimate of drug-likeness (QED) is 0.188. The minimum Gasteiger partial charge on any atom is -0.507 e. The van der Waals surface area contributed by atoms with Gasteiger partial charge in [0, 0.05) is 28.6 Å². The number of nitrogens with zero attached hydrogens (tertiary/aromatic N) is 2. The van der Waals surface area contributed by atoms with Gasteiger partial charge < -0.3 is 14.6 Å². The standard InChI is InChI=1S/C35H28Cl3FN2O7/c1-16-4-7-19(12-24(16)36)40-30(43)22-11-10-21-23(27(22)31(40)44)15-34(37)32(45)41(18-8-5-17(39)6-9-18)33(46)35(34,38)29(21)28-25(42)13-20(47-2)14-26(28)48-3/h4-10,12-14,22-23,27,29,42H,11,15H2,1-3H3/t22-,23+,27-,29+,34+,35-/m0/s1. The molecule has 4 amide bonds. The number of allylic oxidation sites excluding steroid dienone is 2. The molecule has 0 radical (unpaired) electrons. The van der Waals surface area contributed by atoms with Crippen molar-refractivity contribution >= 4 is 69.8 Å². The van der Waals surface area contributed by atoms with E-state index in [1.54, 1.807) is 31.2 Å². The van der Waals surface area contributed by atoms with E-state index in [0.717, 1.165) is 27.5 Å². The monoisotopic (exact) mass is 712 g/mol. The summed E-state index contributed by atoms with van der Waals surface area (Å²) in [5, 5.41) is 11.9. The predicted molar refractivity (Wildman–Crippen MR) is 176 cm³/mol. The molecule has 0 unspecified atom stereocenters. The first-order valence-electron chi connectivity index (χ1n) is 15.1. The van der Waals surface area contributed by atoms with Gasteiger partial charge >= 0.3 is 0 Å². The highest BCUT2D eigenvalue weighted by molar-refractivity contribution is 6.58. The number of phenols is 1. The molecule has 3 aromatic rings. The van der Waals surface area contributed by atoms with E-state index in [9.17, 15) is 28.7 Å². The highest BCUT2D eigenvalue weighted by Gasteiger charge is 2.77. The van der Waals surface area contributed by atoms with E-state index >= 15 is 0 Å². The third-order valence-corrected chi connectivity index (χ3v) is 12.0. The lowest BCUT2D eigenvalue weighted by molar-refractivity contribution is -0.125. The van der Waals surface area contributed by atoms with Crippen molar-refractivity contribution in [3.05, 3.63) is 88.2 Å². The van der Waals surface area contributed by atoms with Crippen molar-refractivity contribution in [1.29, 1.82) is 0 Å². The van der Waals surface area contributed by atoms with E-state index in [4.69, 9.17) is 44.3 Å². The number of hydrogen-bond acceptors (Lipinski definition) is 7. The molecule has 1 N–H and O–H groups in total. The van der Waals surface area contributed by atoms with Gasteiger partial charge in [-0.1, -0.05) is 29.3 Å². The molecule has 48 heavy (non-hydrogen) atoms. The first-order valence-corrected chi connectivity index (χ1v) is 16.2. The Morgan fingerprint density at radius 2 is 1.56 bits per heavy atom. The Morgan fingerprint density at radius 1 is 0.875 bits per heavy atom. The van der Waals surface area contributed by atoms with Crippen LogP contribution in [0.5, 0.6) is 17.2 Å². The minimum atomic E-state index is -2.26. The van der Waals surface area contributed by atoms with Crippen LogP contribution in [0, 0.1) is 30.5 Å². The van der Waals surface area contributed by atoms with Crippen LogP contribution in [0.3, 0.4) is 0 Å². The number of carbonyl (C=O) groups is 4. The second kappa shape index (κ2) is 11.2. The summed E-state index contributed by atoms with van der Waals surface area (Å²) in [6, 6.07) is 12.4. The third-order valence-electron chi connectivity index (χ3n) is 10.1. The third kappa shape index (κ3) is 4.28. The predicted octanol–water partition coefficient (Wildman–Crippen LogP) is 6.28. The van der Waals surface area contributed by atoms with Crippen molar-refractivity contribution in [1.82, 2.24) is 0 Å². The molecule has 3 aromatic carbocycles. The summed E-state index contributed by atoms with van der Waals surface area (Å²) in [4.78, 5) is 54.7. The largest absolute Gasteiger partial charge is 0.507 e. The molecule has 248 valence electrons. The van der Waals surface area contributed by atoms with Crippen molar-refractivity contribution in [3.63, 3.8) is 0 Å². The molecule has 4 aliphatic rings.